The molecule has 2 heterocycles. The molecule has 0 atom stereocenters. The van der Waals surface area contributed by atoms with Crippen LogP contribution in [0.25, 0.3) is 0 Å². The maximum absolute atomic E-state index is 12.4. The van der Waals surface area contributed by atoms with Crippen molar-refractivity contribution >= 4 is 11.9 Å². The Morgan fingerprint density at radius 2 is 1.80 bits per heavy atom. The Hall–Kier alpha value is -2.50. The lowest BCUT2D eigenvalue weighted by Crippen LogP contribution is -2.24. The number of aromatic carboxylic acids is 1. The van der Waals surface area contributed by atoms with Gasteiger partial charge in [0.05, 0.1) is 0 Å². The number of H-pyrrole nitrogens is 2. The summed E-state index contributed by atoms with van der Waals surface area (Å²) in [7, 11) is 0. The summed E-state index contributed by atoms with van der Waals surface area (Å²) >= 11 is 0. The summed E-state index contributed by atoms with van der Waals surface area (Å²) in [5.41, 5.74) is 4.62. The second-order valence-electron chi connectivity index (χ2n) is 7.26. The van der Waals surface area contributed by atoms with Crippen LogP contribution < -0.4 is 0 Å². The highest BCUT2D eigenvalue weighted by Gasteiger charge is 2.24. The molecule has 0 radical (unpaired) electrons. The number of rotatable bonds is 5. The molecule has 3 N–H and O–H groups in total. The van der Waals surface area contributed by atoms with Gasteiger partial charge in [-0.15, -0.1) is 0 Å². The fourth-order valence-corrected chi connectivity index (χ4v) is 2.94. The summed E-state index contributed by atoms with van der Waals surface area (Å²) < 4.78 is 5.47. The minimum absolute atomic E-state index is 0.168. The predicted octanol–water partition coefficient (Wildman–Crippen LogP) is 3.77. The van der Waals surface area contributed by atoms with E-state index in [2.05, 4.69) is 9.97 Å². The molecule has 2 aromatic heterocycles. The molecule has 2 rings (SSSR count). The van der Waals surface area contributed by atoms with Crippen LogP contribution in [0.1, 0.15) is 76.8 Å². The van der Waals surface area contributed by atoms with Gasteiger partial charge in [-0.2, -0.15) is 0 Å². The quantitative estimate of drug-likeness (QED) is 0.718. The number of carboxylic acids is 1. The molecule has 0 aliphatic heterocycles. The maximum atomic E-state index is 12.4. The van der Waals surface area contributed by atoms with Gasteiger partial charge in [-0.05, 0) is 63.8 Å². The molecule has 136 valence electrons. The number of carbonyl (C=O) groups excluding carboxylic acids is 1. The number of aromatic nitrogens is 2. The third kappa shape index (κ3) is 4.13. The fourth-order valence-electron chi connectivity index (χ4n) is 2.94. The van der Waals surface area contributed by atoms with E-state index in [1.54, 1.807) is 6.07 Å². The van der Waals surface area contributed by atoms with Gasteiger partial charge >= 0.3 is 11.9 Å². The number of hydrogen-bond acceptors (Lipinski definition) is 3. The minimum Gasteiger partial charge on any atom is -0.477 e. The highest BCUT2D eigenvalue weighted by atomic mass is 16.6. The number of carboxylic acid groups (broad SMARTS) is 1. The first kappa shape index (κ1) is 18.8. The van der Waals surface area contributed by atoms with E-state index in [0.29, 0.717) is 12.1 Å². The van der Waals surface area contributed by atoms with Gasteiger partial charge < -0.3 is 19.8 Å². The van der Waals surface area contributed by atoms with Crippen LogP contribution in [0.2, 0.25) is 0 Å². The zero-order valence-electron chi connectivity index (χ0n) is 15.7. The van der Waals surface area contributed by atoms with Crippen molar-refractivity contribution in [1.29, 1.82) is 0 Å². The minimum atomic E-state index is -0.984. The summed E-state index contributed by atoms with van der Waals surface area (Å²) in [5.74, 6) is -1.36. The number of hydrogen-bond donors (Lipinski definition) is 3. The van der Waals surface area contributed by atoms with Crippen molar-refractivity contribution in [3.63, 3.8) is 0 Å². The van der Waals surface area contributed by atoms with Crippen LogP contribution >= 0.6 is 0 Å². The molecule has 0 unspecified atom stereocenters. The van der Waals surface area contributed by atoms with Gasteiger partial charge in [0.25, 0.3) is 0 Å². The van der Waals surface area contributed by atoms with E-state index in [9.17, 15) is 9.59 Å². The molecule has 0 aliphatic carbocycles. The second kappa shape index (κ2) is 6.78. The van der Waals surface area contributed by atoms with E-state index in [1.165, 1.54) is 0 Å². The molecule has 0 aliphatic rings. The number of ether oxygens (including phenoxy) is 1. The van der Waals surface area contributed by atoms with Crippen LogP contribution in [0.15, 0.2) is 6.07 Å². The van der Waals surface area contributed by atoms with Crippen LogP contribution in [-0.4, -0.2) is 32.6 Å². The van der Waals surface area contributed by atoms with E-state index >= 15 is 0 Å². The lowest BCUT2D eigenvalue weighted by molar-refractivity contribution is 0.00624. The van der Waals surface area contributed by atoms with Crippen molar-refractivity contribution < 1.29 is 19.4 Å². The Bertz CT molecular complexity index is 806. The lowest BCUT2D eigenvalue weighted by Gasteiger charge is -2.19. The number of aryl methyl sites for hydroxylation is 1. The van der Waals surface area contributed by atoms with Crippen molar-refractivity contribution in [2.24, 2.45) is 0 Å². The van der Waals surface area contributed by atoms with Crippen molar-refractivity contribution in [3.8, 4) is 0 Å². The number of aromatic amines is 2. The Morgan fingerprint density at radius 3 is 2.28 bits per heavy atom. The second-order valence-corrected chi connectivity index (χ2v) is 7.26. The third-order valence-electron chi connectivity index (χ3n) is 4.13. The number of carbonyl (C=O) groups is 2. The molecular formula is C19H26N2O4. The van der Waals surface area contributed by atoms with E-state index < -0.39 is 11.6 Å². The summed E-state index contributed by atoms with van der Waals surface area (Å²) in [4.78, 5) is 29.7. The first-order chi connectivity index (χ1) is 11.5. The highest BCUT2D eigenvalue weighted by molar-refractivity contribution is 5.90. The van der Waals surface area contributed by atoms with Crippen LogP contribution in [0, 0.1) is 13.8 Å². The molecule has 6 heteroatoms. The van der Waals surface area contributed by atoms with E-state index in [4.69, 9.17) is 9.84 Å². The van der Waals surface area contributed by atoms with Crippen molar-refractivity contribution in [3.05, 3.63) is 45.5 Å². The maximum Gasteiger partial charge on any atom is 0.355 e. The topological polar surface area (TPSA) is 95.2 Å². The Kier molecular flexibility index (Phi) is 5.11. The van der Waals surface area contributed by atoms with Crippen molar-refractivity contribution in [2.45, 2.75) is 60.0 Å². The van der Waals surface area contributed by atoms with Gasteiger partial charge in [0.15, 0.2) is 0 Å². The first-order valence-corrected chi connectivity index (χ1v) is 8.39. The van der Waals surface area contributed by atoms with Gasteiger partial charge in [0.1, 0.15) is 17.0 Å². The average molecular weight is 346 g/mol. The molecular weight excluding hydrogens is 320 g/mol. The molecule has 2 aromatic rings. The monoisotopic (exact) mass is 346 g/mol. The van der Waals surface area contributed by atoms with Crippen molar-refractivity contribution in [2.75, 3.05) is 0 Å². The molecule has 25 heavy (non-hydrogen) atoms. The number of nitrogens with one attached hydrogen (secondary N) is 2. The number of esters is 1. The van der Waals surface area contributed by atoms with Gasteiger partial charge in [-0.3, -0.25) is 0 Å². The standard InChI is InChI=1S/C19H26N2O4/c1-7-12-11(3)16(18(24)25-19(4,5)6)21-14(12)9-13-10(2)8-15(20-13)17(22)23/h8,20-21H,7,9H2,1-6H3,(H,22,23). The Balaban J connectivity index is 2.37. The van der Waals surface area contributed by atoms with Crippen LogP contribution in [0.4, 0.5) is 0 Å². The molecule has 6 nitrogen and oxygen atoms in total. The van der Waals surface area contributed by atoms with Gasteiger partial charge in [0.2, 0.25) is 0 Å². The first-order valence-electron chi connectivity index (χ1n) is 8.39. The van der Waals surface area contributed by atoms with Crippen LogP contribution in [-0.2, 0) is 17.6 Å². The molecule has 0 fully saturated rings. The Labute approximate surface area is 147 Å². The van der Waals surface area contributed by atoms with Gasteiger partial charge in [0, 0.05) is 17.8 Å². The predicted molar refractivity (Wildman–Crippen MR) is 95.4 cm³/mol. The SMILES string of the molecule is CCc1c(Cc2[nH]c(C(=O)O)cc2C)[nH]c(C(=O)OC(C)(C)C)c1C. The van der Waals surface area contributed by atoms with E-state index in [-0.39, 0.29) is 11.7 Å². The van der Waals surface area contributed by atoms with E-state index in [1.807, 2.05) is 41.5 Å². The van der Waals surface area contributed by atoms with Crippen LogP contribution in [0.5, 0.6) is 0 Å². The summed E-state index contributed by atoms with van der Waals surface area (Å²) in [6.07, 6.45) is 1.28. The largest absolute Gasteiger partial charge is 0.477 e. The zero-order chi connectivity index (χ0) is 18.9. The lowest BCUT2D eigenvalue weighted by atomic mass is 10.0. The molecule has 0 spiro atoms. The van der Waals surface area contributed by atoms with E-state index in [0.717, 1.165) is 34.5 Å². The summed E-state index contributed by atoms with van der Waals surface area (Å²) in [5, 5.41) is 9.12. The molecule has 0 saturated carbocycles. The van der Waals surface area contributed by atoms with Crippen molar-refractivity contribution in [1.82, 2.24) is 9.97 Å². The highest BCUT2D eigenvalue weighted by Crippen LogP contribution is 2.25. The average Bonchev–Trinajstić information content (AvgIpc) is 2.98. The van der Waals surface area contributed by atoms with Crippen LogP contribution in [0.3, 0.4) is 0 Å². The summed E-state index contributed by atoms with van der Waals surface area (Å²) in [6.45, 7) is 11.3. The normalized spacial score (nSPS) is 11.6. The van der Waals surface area contributed by atoms with Gasteiger partial charge in [-0.25, -0.2) is 9.59 Å². The van der Waals surface area contributed by atoms with Gasteiger partial charge in [-0.1, -0.05) is 6.92 Å². The zero-order valence-corrected chi connectivity index (χ0v) is 15.7. The molecule has 0 amide bonds. The Morgan fingerprint density at radius 1 is 1.16 bits per heavy atom. The summed E-state index contributed by atoms with van der Waals surface area (Å²) in [6, 6.07) is 1.62. The smallest absolute Gasteiger partial charge is 0.355 e. The molecule has 0 bridgehead atoms. The molecule has 0 saturated heterocycles. The molecule has 0 aromatic carbocycles. The fraction of sp³-hybridized carbons (Fsp3) is 0.474. The third-order valence-corrected chi connectivity index (χ3v) is 4.13.